The van der Waals surface area contributed by atoms with Crippen molar-refractivity contribution >= 4 is 11.6 Å². The van der Waals surface area contributed by atoms with E-state index in [9.17, 15) is 14.9 Å². The molecule has 0 fully saturated rings. The van der Waals surface area contributed by atoms with Crippen LogP contribution < -0.4 is 5.32 Å². The molecule has 22 heavy (non-hydrogen) atoms. The maximum atomic E-state index is 12.2. The minimum absolute atomic E-state index is 0.0783. The molecule has 5 heteroatoms. The van der Waals surface area contributed by atoms with Gasteiger partial charge in [-0.05, 0) is 23.1 Å². The van der Waals surface area contributed by atoms with Crippen LogP contribution in [0.25, 0.3) is 0 Å². The molecule has 1 amide bonds. The molecule has 2 rings (SSSR count). The van der Waals surface area contributed by atoms with Crippen molar-refractivity contribution in [1.82, 2.24) is 5.32 Å². The predicted molar refractivity (Wildman–Crippen MR) is 84.8 cm³/mol. The fourth-order valence-electron chi connectivity index (χ4n) is 2.35. The lowest BCUT2D eigenvalue weighted by molar-refractivity contribution is -0.385. The molecule has 0 saturated heterocycles. The van der Waals surface area contributed by atoms with E-state index in [2.05, 4.69) is 19.2 Å². The van der Waals surface area contributed by atoms with Crippen molar-refractivity contribution in [3.05, 3.63) is 75.3 Å². The zero-order valence-electron chi connectivity index (χ0n) is 12.6. The van der Waals surface area contributed by atoms with Crippen molar-refractivity contribution in [2.24, 2.45) is 0 Å². The Labute approximate surface area is 129 Å². The summed E-state index contributed by atoms with van der Waals surface area (Å²) in [5.74, 6) is -0.0926. The highest BCUT2D eigenvalue weighted by Gasteiger charge is 2.19. The Morgan fingerprint density at radius 3 is 2.45 bits per heavy atom. The number of benzene rings is 2. The molecule has 0 heterocycles. The molecule has 0 aliphatic rings. The highest BCUT2D eigenvalue weighted by Crippen LogP contribution is 2.20. The number of nitro benzene ring substituents is 1. The van der Waals surface area contributed by atoms with Crippen molar-refractivity contribution in [2.45, 2.75) is 26.3 Å². The number of nitrogens with one attached hydrogen (secondary N) is 1. The van der Waals surface area contributed by atoms with E-state index in [1.165, 1.54) is 12.1 Å². The summed E-state index contributed by atoms with van der Waals surface area (Å²) in [6, 6.07) is 13.8. The maximum Gasteiger partial charge on any atom is 0.282 e. The molecule has 114 valence electrons. The Morgan fingerprint density at radius 1 is 1.14 bits per heavy atom. The van der Waals surface area contributed by atoms with Gasteiger partial charge in [-0.2, -0.15) is 0 Å². The van der Waals surface area contributed by atoms with E-state index in [4.69, 9.17) is 0 Å². The summed E-state index contributed by atoms with van der Waals surface area (Å²) in [6.45, 7) is 4.52. The summed E-state index contributed by atoms with van der Waals surface area (Å²) in [4.78, 5) is 22.6. The molecule has 0 radical (unpaired) electrons. The van der Waals surface area contributed by atoms with Gasteiger partial charge in [0.25, 0.3) is 11.6 Å². The number of carbonyl (C=O) groups is 1. The summed E-state index contributed by atoms with van der Waals surface area (Å²) in [6.07, 6.45) is 0. The molecule has 2 aromatic rings. The molecule has 1 N–H and O–H groups in total. The molecule has 0 aromatic heterocycles. The molecule has 0 atom stereocenters. The van der Waals surface area contributed by atoms with Crippen LogP contribution in [0.5, 0.6) is 0 Å². The van der Waals surface area contributed by atoms with E-state index in [0.29, 0.717) is 12.5 Å². The van der Waals surface area contributed by atoms with Gasteiger partial charge in [0, 0.05) is 12.6 Å². The molecule has 0 bridgehead atoms. The number of carbonyl (C=O) groups excluding carboxylic acids is 1. The number of amides is 1. The maximum absolute atomic E-state index is 12.2. The van der Waals surface area contributed by atoms with E-state index < -0.39 is 10.8 Å². The highest BCUT2D eigenvalue weighted by molar-refractivity contribution is 5.98. The lowest BCUT2D eigenvalue weighted by Crippen LogP contribution is -2.24. The number of hydrogen-bond donors (Lipinski definition) is 1. The van der Waals surface area contributed by atoms with Crippen LogP contribution in [0.4, 0.5) is 5.69 Å². The number of rotatable bonds is 5. The van der Waals surface area contributed by atoms with E-state index in [1.54, 1.807) is 12.1 Å². The van der Waals surface area contributed by atoms with Gasteiger partial charge in [0.2, 0.25) is 0 Å². The van der Waals surface area contributed by atoms with Crippen LogP contribution in [0.15, 0.2) is 48.5 Å². The van der Waals surface area contributed by atoms with Crippen molar-refractivity contribution < 1.29 is 9.72 Å². The number of nitrogens with zero attached hydrogens (tertiary/aromatic N) is 1. The van der Waals surface area contributed by atoms with Gasteiger partial charge in [-0.15, -0.1) is 0 Å². The second-order valence-corrected chi connectivity index (χ2v) is 5.31. The Hall–Kier alpha value is -2.69. The third-order valence-electron chi connectivity index (χ3n) is 3.46. The Morgan fingerprint density at radius 2 is 1.77 bits per heavy atom. The van der Waals surface area contributed by atoms with Crippen LogP contribution >= 0.6 is 0 Å². The fourth-order valence-corrected chi connectivity index (χ4v) is 2.35. The molecule has 0 unspecified atom stereocenters. The Kier molecular flexibility index (Phi) is 4.88. The SMILES string of the molecule is CC(C)c1ccccc1CNC(=O)c1ccccc1[N+](=O)[O-]. The molecular formula is C17H18N2O3. The normalized spacial score (nSPS) is 10.5. The van der Waals surface area contributed by atoms with Crippen molar-refractivity contribution in [1.29, 1.82) is 0 Å². The standard InChI is InChI=1S/C17H18N2O3/c1-12(2)14-8-4-3-7-13(14)11-18-17(20)15-9-5-6-10-16(15)19(21)22/h3-10,12H,11H2,1-2H3,(H,18,20). The second kappa shape index (κ2) is 6.85. The first kappa shape index (κ1) is 15.7. The smallest absolute Gasteiger partial charge is 0.282 e. The molecule has 0 saturated carbocycles. The first-order chi connectivity index (χ1) is 10.5. The average molecular weight is 298 g/mol. The summed E-state index contributed by atoms with van der Waals surface area (Å²) in [5.41, 5.74) is 2.07. The Bertz CT molecular complexity index is 696. The summed E-state index contributed by atoms with van der Waals surface area (Å²) >= 11 is 0. The summed E-state index contributed by atoms with van der Waals surface area (Å²) in [7, 11) is 0. The molecular weight excluding hydrogens is 280 g/mol. The van der Waals surface area contributed by atoms with Crippen molar-refractivity contribution in [3.63, 3.8) is 0 Å². The lowest BCUT2D eigenvalue weighted by Gasteiger charge is -2.13. The van der Waals surface area contributed by atoms with Gasteiger partial charge < -0.3 is 5.32 Å². The van der Waals surface area contributed by atoms with E-state index in [-0.39, 0.29) is 11.3 Å². The van der Waals surface area contributed by atoms with Gasteiger partial charge in [0.15, 0.2) is 0 Å². The predicted octanol–water partition coefficient (Wildman–Crippen LogP) is 3.65. The van der Waals surface area contributed by atoms with Crippen LogP contribution in [0.2, 0.25) is 0 Å². The molecule has 0 spiro atoms. The first-order valence-electron chi connectivity index (χ1n) is 7.10. The largest absolute Gasteiger partial charge is 0.348 e. The minimum atomic E-state index is -0.545. The van der Waals surface area contributed by atoms with Crippen molar-refractivity contribution in [3.8, 4) is 0 Å². The minimum Gasteiger partial charge on any atom is -0.348 e. The van der Waals surface area contributed by atoms with Gasteiger partial charge in [-0.1, -0.05) is 50.2 Å². The monoisotopic (exact) mass is 298 g/mol. The van der Waals surface area contributed by atoms with Gasteiger partial charge in [-0.3, -0.25) is 14.9 Å². The van der Waals surface area contributed by atoms with Gasteiger partial charge in [0.05, 0.1) is 4.92 Å². The molecule has 5 nitrogen and oxygen atoms in total. The van der Waals surface area contributed by atoms with Crippen LogP contribution in [0.1, 0.15) is 41.3 Å². The van der Waals surface area contributed by atoms with Crippen LogP contribution in [-0.4, -0.2) is 10.8 Å². The zero-order chi connectivity index (χ0) is 16.1. The van der Waals surface area contributed by atoms with E-state index in [0.717, 1.165) is 11.1 Å². The lowest BCUT2D eigenvalue weighted by atomic mass is 9.97. The van der Waals surface area contributed by atoms with E-state index in [1.807, 2.05) is 24.3 Å². The van der Waals surface area contributed by atoms with Gasteiger partial charge >= 0.3 is 0 Å². The van der Waals surface area contributed by atoms with Crippen LogP contribution in [0, 0.1) is 10.1 Å². The quantitative estimate of drug-likeness (QED) is 0.676. The second-order valence-electron chi connectivity index (χ2n) is 5.31. The molecule has 2 aromatic carbocycles. The number of hydrogen-bond acceptors (Lipinski definition) is 3. The van der Waals surface area contributed by atoms with E-state index >= 15 is 0 Å². The van der Waals surface area contributed by atoms with Crippen molar-refractivity contribution in [2.75, 3.05) is 0 Å². The average Bonchev–Trinajstić information content (AvgIpc) is 2.52. The van der Waals surface area contributed by atoms with Crippen LogP contribution in [0.3, 0.4) is 0 Å². The number of nitro groups is 1. The third-order valence-corrected chi connectivity index (χ3v) is 3.46. The summed E-state index contributed by atoms with van der Waals surface area (Å²) < 4.78 is 0. The van der Waals surface area contributed by atoms with Gasteiger partial charge in [0.1, 0.15) is 5.56 Å². The molecule has 0 aliphatic heterocycles. The highest BCUT2D eigenvalue weighted by atomic mass is 16.6. The molecule has 0 aliphatic carbocycles. The summed E-state index contributed by atoms with van der Waals surface area (Å²) in [5, 5.41) is 13.7. The third kappa shape index (κ3) is 3.49. The zero-order valence-corrected chi connectivity index (χ0v) is 12.6. The first-order valence-corrected chi connectivity index (χ1v) is 7.10. The fraction of sp³-hybridized carbons (Fsp3) is 0.235. The van der Waals surface area contributed by atoms with Gasteiger partial charge in [-0.25, -0.2) is 0 Å². The topological polar surface area (TPSA) is 72.2 Å². The Balaban J connectivity index is 2.16. The number of para-hydroxylation sites is 1. The van der Waals surface area contributed by atoms with Crippen LogP contribution in [-0.2, 0) is 6.54 Å².